The highest BCUT2D eigenvalue weighted by molar-refractivity contribution is 5.78. The molecule has 2 atom stereocenters. The summed E-state index contributed by atoms with van der Waals surface area (Å²) in [5.74, 6) is 0.391. The summed E-state index contributed by atoms with van der Waals surface area (Å²) < 4.78 is 0. The number of likely N-dealkylation sites (tertiary alicyclic amines) is 1. The van der Waals surface area contributed by atoms with Crippen molar-refractivity contribution in [1.29, 1.82) is 0 Å². The lowest BCUT2D eigenvalue weighted by Crippen LogP contribution is -2.45. The number of piperidine rings is 1. The number of nitrogens with one attached hydrogen (secondary N) is 1. The summed E-state index contributed by atoms with van der Waals surface area (Å²) >= 11 is 0. The van der Waals surface area contributed by atoms with Crippen molar-refractivity contribution in [1.82, 2.24) is 10.2 Å². The van der Waals surface area contributed by atoms with Gasteiger partial charge in [0.15, 0.2) is 0 Å². The zero-order chi connectivity index (χ0) is 10.6. The minimum absolute atomic E-state index is 0.137. The summed E-state index contributed by atoms with van der Waals surface area (Å²) in [7, 11) is 1.77. The van der Waals surface area contributed by atoms with Gasteiger partial charge in [-0.2, -0.15) is 0 Å². The summed E-state index contributed by atoms with van der Waals surface area (Å²) in [5.41, 5.74) is 0. The van der Waals surface area contributed by atoms with E-state index >= 15 is 0 Å². The van der Waals surface area contributed by atoms with Gasteiger partial charge in [0.05, 0.1) is 12.6 Å². The topological polar surface area (TPSA) is 52.6 Å². The molecule has 0 aromatic carbocycles. The Labute approximate surface area is 85.3 Å². The van der Waals surface area contributed by atoms with Gasteiger partial charge in [-0.1, -0.05) is 0 Å². The van der Waals surface area contributed by atoms with Gasteiger partial charge in [0, 0.05) is 19.0 Å². The highest BCUT2D eigenvalue weighted by Gasteiger charge is 2.25. The first-order valence-corrected chi connectivity index (χ1v) is 5.25. The van der Waals surface area contributed by atoms with Crippen LogP contribution in [0.15, 0.2) is 0 Å². The van der Waals surface area contributed by atoms with Crippen LogP contribution in [0.3, 0.4) is 0 Å². The summed E-state index contributed by atoms with van der Waals surface area (Å²) in [5, 5.41) is 12.3. The maximum atomic E-state index is 11.5. The molecule has 1 heterocycles. The lowest BCUT2D eigenvalue weighted by atomic mass is 9.93. The molecule has 0 bridgehead atoms. The largest absolute Gasteiger partial charge is 0.393 e. The molecule has 4 heteroatoms. The van der Waals surface area contributed by atoms with Crippen LogP contribution in [0.2, 0.25) is 0 Å². The Morgan fingerprint density at radius 3 is 3.00 bits per heavy atom. The molecule has 0 aliphatic carbocycles. The van der Waals surface area contributed by atoms with Crippen LogP contribution in [0, 0.1) is 5.92 Å². The first kappa shape index (κ1) is 11.5. The predicted octanol–water partition coefficient (Wildman–Crippen LogP) is -0.175. The summed E-state index contributed by atoms with van der Waals surface area (Å²) in [6.07, 6.45) is 1.73. The third-order valence-corrected chi connectivity index (χ3v) is 2.82. The van der Waals surface area contributed by atoms with Crippen molar-refractivity contribution >= 4 is 5.91 Å². The minimum atomic E-state index is -0.305. The van der Waals surface area contributed by atoms with E-state index in [1.807, 2.05) is 4.90 Å². The maximum Gasteiger partial charge on any atom is 0.236 e. The zero-order valence-electron chi connectivity index (χ0n) is 8.99. The molecule has 82 valence electrons. The Morgan fingerprint density at radius 2 is 2.43 bits per heavy atom. The molecular formula is C10H20N2O2. The van der Waals surface area contributed by atoms with E-state index in [9.17, 15) is 9.90 Å². The van der Waals surface area contributed by atoms with Crippen molar-refractivity contribution in [2.45, 2.75) is 25.9 Å². The van der Waals surface area contributed by atoms with E-state index in [1.54, 1.807) is 14.0 Å². The average molecular weight is 200 g/mol. The van der Waals surface area contributed by atoms with E-state index in [0.717, 1.165) is 19.4 Å². The minimum Gasteiger partial charge on any atom is -0.393 e. The van der Waals surface area contributed by atoms with Gasteiger partial charge >= 0.3 is 0 Å². The smallest absolute Gasteiger partial charge is 0.236 e. The number of hydrogen-bond donors (Lipinski definition) is 2. The molecule has 2 N–H and O–H groups in total. The number of carbonyl (C=O) groups is 1. The van der Waals surface area contributed by atoms with Crippen molar-refractivity contribution in [3.63, 3.8) is 0 Å². The normalized spacial score (nSPS) is 24.8. The number of likely N-dealkylation sites (N-methyl/N-ethyl adjacent to an activating group) is 1. The van der Waals surface area contributed by atoms with Gasteiger partial charge in [0.25, 0.3) is 0 Å². The number of aliphatic hydroxyl groups is 1. The SMILES string of the molecule is CNCC(=O)N1CCC[C@H]([C@H](C)O)C1. The first-order chi connectivity index (χ1) is 6.65. The van der Waals surface area contributed by atoms with Crippen LogP contribution < -0.4 is 5.32 Å². The third-order valence-electron chi connectivity index (χ3n) is 2.82. The number of nitrogens with zero attached hydrogens (tertiary/aromatic N) is 1. The van der Waals surface area contributed by atoms with Gasteiger partial charge < -0.3 is 15.3 Å². The highest BCUT2D eigenvalue weighted by atomic mass is 16.3. The highest BCUT2D eigenvalue weighted by Crippen LogP contribution is 2.19. The number of rotatable bonds is 3. The fourth-order valence-electron chi connectivity index (χ4n) is 1.89. The molecule has 1 aliphatic rings. The number of aliphatic hydroxyl groups excluding tert-OH is 1. The molecule has 1 amide bonds. The second-order valence-electron chi connectivity index (χ2n) is 4.01. The summed E-state index contributed by atoms with van der Waals surface area (Å²) in [6.45, 7) is 3.74. The van der Waals surface area contributed by atoms with Crippen LogP contribution in [0.25, 0.3) is 0 Å². The van der Waals surface area contributed by atoms with E-state index in [-0.39, 0.29) is 17.9 Å². The molecule has 0 aromatic heterocycles. The van der Waals surface area contributed by atoms with Crippen molar-refractivity contribution in [3.05, 3.63) is 0 Å². The van der Waals surface area contributed by atoms with Crippen molar-refractivity contribution < 1.29 is 9.90 Å². The fraction of sp³-hybridized carbons (Fsp3) is 0.900. The van der Waals surface area contributed by atoms with Gasteiger partial charge in [0.1, 0.15) is 0 Å². The zero-order valence-corrected chi connectivity index (χ0v) is 8.99. The van der Waals surface area contributed by atoms with Crippen molar-refractivity contribution in [3.8, 4) is 0 Å². The second-order valence-corrected chi connectivity index (χ2v) is 4.01. The molecule has 14 heavy (non-hydrogen) atoms. The van der Waals surface area contributed by atoms with Gasteiger partial charge in [-0.25, -0.2) is 0 Å². The van der Waals surface area contributed by atoms with Gasteiger partial charge in [-0.05, 0) is 26.8 Å². The average Bonchev–Trinajstić information content (AvgIpc) is 2.18. The number of hydrogen-bond acceptors (Lipinski definition) is 3. The van der Waals surface area contributed by atoms with Crippen molar-refractivity contribution in [2.24, 2.45) is 5.92 Å². The van der Waals surface area contributed by atoms with Crippen LogP contribution in [0.5, 0.6) is 0 Å². The fourth-order valence-corrected chi connectivity index (χ4v) is 1.89. The molecule has 0 radical (unpaired) electrons. The molecule has 4 nitrogen and oxygen atoms in total. The molecule has 1 aliphatic heterocycles. The molecule has 0 spiro atoms. The number of carbonyl (C=O) groups excluding carboxylic acids is 1. The lowest BCUT2D eigenvalue weighted by Gasteiger charge is -2.34. The monoisotopic (exact) mass is 200 g/mol. The molecule has 1 fully saturated rings. The van der Waals surface area contributed by atoms with E-state index < -0.39 is 0 Å². The Bertz CT molecular complexity index is 195. The standard InChI is InChI=1S/C10H20N2O2/c1-8(13)9-4-3-5-12(7-9)10(14)6-11-2/h8-9,11,13H,3-7H2,1-2H3/t8-,9-/m0/s1. The Morgan fingerprint density at radius 1 is 1.71 bits per heavy atom. The quantitative estimate of drug-likeness (QED) is 0.665. The van der Waals surface area contributed by atoms with E-state index in [2.05, 4.69) is 5.32 Å². The van der Waals surface area contributed by atoms with Gasteiger partial charge in [-0.3, -0.25) is 4.79 Å². The summed E-state index contributed by atoms with van der Waals surface area (Å²) in [4.78, 5) is 13.4. The summed E-state index contributed by atoms with van der Waals surface area (Å²) in [6, 6.07) is 0. The predicted molar refractivity (Wildman–Crippen MR) is 54.9 cm³/mol. The van der Waals surface area contributed by atoms with E-state index in [1.165, 1.54) is 0 Å². The van der Waals surface area contributed by atoms with Gasteiger partial charge in [-0.15, -0.1) is 0 Å². The molecular weight excluding hydrogens is 180 g/mol. The van der Waals surface area contributed by atoms with Crippen LogP contribution in [-0.2, 0) is 4.79 Å². The molecule has 0 saturated carbocycles. The molecule has 1 saturated heterocycles. The molecule has 0 unspecified atom stereocenters. The van der Waals surface area contributed by atoms with Crippen molar-refractivity contribution in [2.75, 3.05) is 26.7 Å². The van der Waals surface area contributed by atoms with E-state index in [4.69, 9.17) is 0 Å². The second kappa shape index (κ2) is 5.32. The molecule has 0 aromatic rings. The Balaban J connectivity index is 2.43. The first-order valence-electron chi connectivity index (χ1n) is 5.25. The van der Waals surface area contributed by atoms with Crippen LogP contribution in [-0.4, -0.2) is 48.7 Å². The lowest BCUT2D eigenvalue weighted by molar-refractivity contribution is -0.132. The van der Waals surface area contributed by atoms with Crippen LogP contribution in [0.4, 0.5) is 0 Å². The van der Waals surface area contributed by atoms with Crippen LogP contribution in [0.1, 0.15) is 19.8 Å². The Kier molecular flexibility index (Phi) is 4.35. The van der Waals surface area contributed by atoms with E-state index in [0.29, 0.717) is 13.1 Å². The maximum absolute atomic E-state index is 11.5. The Hall–Kier alpha value is -0.610. The molecule has 1 rings (SSSR count). The van der Waals surface area contributed by atoms with Crippen LogP contribution >= 0.6 is 0 Å². The number of amides is 1. The van der Waals surface area contributed by atoms with Gasteiger partial charge in [0.2, 0.25) is 5.91 Å². The third kappa shape index (κ3) is 2.96.